The van der Waals surface area contributed by atoms with E-state index in [4.69, 9.17) is 9.47 Å². The van der Waals surface area contributed by atoms with Crippen molar-refractivity contribution in [1.82, 2.24) is 25.4 Å². The van der Waals surface area contributed by atoms with Crippen molar-refractivity contribution in [1.29, 1.82) is 0 Å². The summed E-state index contributed by atoms with van der Waals surface area (Å²) in [7, 11) is 1.75. The maximum Gasteiger partial charge on any atom is 0.199 e. The molecule has 1 fully saturated rings. The van der Waals surface area contributed by atoms with Crippen LogP contribution in [0.2, 0.25) is 0 Å². The number of methoxy groups -OCH3 is 1. The normalized spacial score (nSPS) is 13.4. The van der Waals surface area contributed by atoms with Gasteiger partial charge in [0.1, 0.15) is 5.69 Å². The van der Waals surface area contributed by atoms with Crippen molar-refractivity contribution < 1.29 is 14.3 Å². The van der Waals surface area contributed by atoms with Gasteiger partial charge in [-0.05, 0) is 32.0 Å². The van der Waals surface area contributed by atoms with Crippen LogP contribution < -0.4 is 10.7 Å². The Bertz CT molecular complexity index is 1210. The molecule has 0 unspecified atom stereocenters. The van der Waals surface area contributed by atoms with Crippen LogP contribution in [0, 0.1) is 6.92 Å². The number of ether oxygens (including phenoxy) is 2. The Morgan fingerprint density at radius 3 is 2.44 bits per heavy atom. The molecule has 2 aromatic carbocycles. The maximum atomic E-state index is 12.7. The van der Waals surface area contributed by atoms with Crippen LogP contribution in [0.3, 0.4) is 0 Å². The van der Waals surface area contributed by atoms with Crippen molar-refractivity contribution in [3.8, 4) is 11.3 Å². The highest BCUT2D eigenvalue weighted by molar-refractivity contribution is 6.24. The number of benzene rings is 2. The number of likely N-dealkylation sites (N-methyl/N-ethyl adjacent to an activating group) is 1. The molecule has 2 heterocycles. The van der Waals surface area contributed by atoms with Gasteiger partial charge in [-0.3, -0.25) is 9.89 Å². The Labute approximate surface area is 258 Å². The van der Waals surface area contributed by atoms with Gasteiger partial charge >= 0.3 is 0 Å². The number of rotatable bonds is 11. The van der Waals surface area contributed by atoms with E-state index in [1.54, 1.807) is 13.2 Å². The van der Waals surface area contributed by atoms with Gasteiger partial charge in [0, 0.05) is 57.6 Å². The second kappa shape index (κ2) is 20.5. The van der Waals surface area contributed by atoms with Crippen molar-refractivity contribution in [3.63, 3.8) is 0 Å². The number of ketones is 1. The van der Waals surface area contributed by atoms with E-state index < -0.39 is 0 Å². The topological polar surface area (TPSA) is 94.8 Å². The number of carbonyl (C=O) groups is 1. The molecule has 5 rings (SSSR count). The molecule has 0 spiro atoms. The monoisotopic (exact) mass is 592 g/mol. The third-order valence-electron chi connectivity index (χ3n) is 6.85. The molecule has 9 nitrogen and oxygen atoms in total. The zero-order valence-corrected chi connectivity index (χ0v) is 27.0. The van der Waals surface area contributed by atoms with Crippen LogP contribution >= 0.6 is 0 Å². The molecule has 0 bridgehead atoms. The van der Waals surface area contributed by atoms with Gasteiger partial charge in [0.2, 0.25) is 0 Å². The minimum absolute atomic E-state index is 0.0441. The highest BCUT2D eigenvalue weighted by Gasteiger charge is 2.33. The van der Waals surface area contributed by atoms with E-state index in [0.717, 1.165) is 80.6 Å². The number of hydrazine groups is 1. The number of morpholine rings is 1. The first kappa shape index (κ1) is 35.9. The van der Waals surface area contributed by atoms with Gasteiger partial charge in [-0.25, -0.2) is 5.01 Å². The van der Waals surface area contributed by atoms with Crippen LogP contribution in [-0.4, -0.2) is 92.1 Å². The van der Waals surface area contributed by atoms with Crippen molar-refractivity contribution in [2.75, 3.05) is 71.6 Å². The van der Waals surface area contributed by atoms with Crippen molar-refractivity contribution in [2.45, 2.75) is 41.2 Å². The molecule has 236 valence electrons. The minimum atomic E-state index is 0.0441. The number of allylic oxidation sites excluding steroid dienone is 1. The number of aromatic nitrogens is 2. The Morgan fingerprint density at radius 2 is 1.79 bits per heavy atom. The van der Waals surface area contributed by atoms with Crippen LogP contribution in [0.15, 0.2) is 61.2 Å². The molecule has 1 saturated heterocycles. The van der Waals surface area contributed by atoms with Gasteiger partial charge in [0.15, 0.2) is 5.78 Å². The summed E-state index contributed by atoms with van der Waals surface area (Å²) >= 11 is 0. The summed E-state index contributed by atoms with van der Waals surface area (Å²) in [5, 5.41) is 12.7. The number of hydrogen-bond acceptors (Lipinski definition) is 8. The molecule has 0 amide bonds. The predicted molar refractivity (Wildman–Crippen MR) is 178 cm³/mol. The average molecular weight is 593 g/mol. The summed E-state index contributed by atoms with van der Waals surface area (Å²) in [5.74, 6) is 0.0441. The lowest BCUT2D eigenvalue weighted by molar-refractivity contribution is 0.0496. The summed E-state index contributed by atoms with van der Waals surface area (Å²) in [6, 6.07) is 16.3. The molecule has 0 atom stereocenters. The molecule has 1 aliphatic heterocycles. The first-order chi connectivity index (χ1) is 21.0. The highest BCUT2D eigenvalue weighted by atomic mass is 16.5. The van der Waals surface area contributed by atoms with Crippen molar-refractivity contribution in [3.05, 3.63) is 83.6 Å². The van der Waals surface area contributed by atoms with E-state index in [0.29, 0.717) is 18.8 Å². The van der Waals surface area contributed by atoms with Gasteiger partial charge in [0.05, 0.1) is 36.6 Å². The lowest BCUT2D eigenvalue weighted by Crippen LogP contribution is -2.40. The second-order valence-corrected chi connectivity index (χ2v) is 9.84. The predicted octanol–water partition coefficient (Wildman–Crippen LogP) is 5.55. The average Bonchev–Trinajstić information content (AvgIpc) is 3.57. The van der Waals surface area contributed by atoms with Crippen LogP contribution in [0.25, 0.3) is 11.3 Å². The Balaban J connectivity index is 0.000000267. The number of nitrogens with zero attached hydrogens (tertiary/aromatic N) is 3. The first-order valence-corrected chi connectivity index (χ1v) is 15.4. The molecule has 0 radical (unpaired) electrons. The summed E-state index contributed by atoms with van der Waals surface area (Å²) < 4.78 is 10.4. The lowest BCUT2D eigenvalue weighted by Gasteiger charge is -2.28. The van der Waals surface area contributed by atoms with E-state index in [2.05, 4.69) is 68.6 Å². The van der Waals surface area contributed by atoms with Gasteiger partial charge in [-0.1, -0.05) is 69.3 Å². The van der Waals surface area contributed by atoms with Crippen LogP contribution in [0.5, 0.6) is 0 Å². The van der Waals surface area contributed by atoms with E-state index in [1.807, 2.05) is 52.0 Å². The van der Waals surface area contributed by atoms with E-state index in [9.17, 15) is 4.79 Å². The number of aryl methyl sites for hydroxylation is 1. The number of aromatic amines is 1. The number of H-pyrrole nitrogens is 1. The second-order valence-electron chi connectivity index (χ2n) is 9.84. The van der Waals surface area contributed by atoms with E-state index in [-0.39, 0.29) is 5.78 Å². The minimum Gasteiger partial charge on any atom is -0.383 e. The standard InChI is InChI=1S/C15H16N4O2.C14H24N2O.C3H6.C2H6/c1-9-12-14(17-16-9)10-3-2-4-11(13(10)15(12)20)18-19-5-7-21-8-6-19;1-3-16(11-12-17-2)10-9-15-13-14-7-5-4-6-8-14;1-3-2;1-2/h2-4,18H,5-8H2,1H3,(H,16,17);4-8,15H,3,9-13H2,1-2H3;3H,1H2,2H3;1-2H3. The van der Waals surface area contributed by atoms with Gasteiger partial charge < -0.3 is 25.1 Å². The van der Waals surface area contributed by atoms with E-state index >= 15 is 0 Å². The van der Waals surface area contributed by atoms with Crippen molar-refractivity contribution >= 4 is 11.5 Å². The lowest BCUT2D eigenvalue weighted by atomic mass is 10.1. The quantitative estimate of drug-likeness (QED) is 0.154. The molecule has 1 aliphatic carbocycles. The van der Waals surface area contributed by atoms with Gasteiger partial charge in [-0.15, -0.1) is 6.58 Å². The summed E-state index contributed by atoms with van der Waals surface area (Å²) in [6.07, 6.45) is 1.75. The van der Waals surface area contributed by atoms with Crippen LogP contribution in [0.1, 0.15) is 54.9 Å². The summed E-state index contributed by atoms with van der Waals surface area (Å²) in [5.41, 5.74) is 9.44. The number of hydrogen-bond donors (Lipinski definition) is 3. The molecule has 2 aliphatic rings. The summed E-state index contributed by atoms with van der Waals surface area (Å²) in [6.45, 7) is 22.3. The van der Waals surface area contributed by atoms with Gasteiger partial charge in [-0.2, -0.15) is 5.10 Å². The smallest absolute Gasteiger partial charge is 0.199 e. The zero-order chi connectivity index (χ0) is 31.5. The molecule has 1 aromatic heterocycles. The summed E-state index contributed by atoms with van der Waals surface area (Å²) in [4.78, 5) is 15.1. The molecular weight excluding hydrogens is 540 g/mol. The molecule has 9 heteroatoms. The van der Waals surface area contributed by atoms with Gasteiger partial charge in [0.25, 0.3) is 0 Å². The third kappa shape index (κ3) is 11.0. The number of anilines is 1. The Kier molecular flexibility index (Phi) is 17.1. The van der Waals surface area contributed by atoms with Crippen LogP contribution in [-0.2, 0) is 16.0 Å². The number of carbonyl (C=O) groups excluding carboxylic acids is 1. The maximum absolute atomic E-state index is 12.7. The molecule has 0 saturated carbocycles. The SMILES string of the molecule is C=CC.CC.CCN(CCNCc1ccccc1)CCOC.Cc1[nH]nc2c1C(=O)c1c(NN3CCOCC3)cccc1-2. The van der Waals surface area contributed by atoms with Crippen molar-refractivity contribution in [2.24, 2.45) is 0 Å². The first-order valence-electron chi connectivity index (χ1n) is 15.4. The third-order valence-corrected chi connectivity index (χ3v) is 6.85. The Morgan fingerprint density at radius 1 is 1.09 bits per heavy atom. The molecule has 43 heavy (non-hydrogen) atoms. The fourth-order valence-electron chi connectivity index (χ4n) is 4.67. The fraction of sp³-hybridized carbons (Fsp3) is 0.471. The van der Waals surface area contributed by atoms with Crippen LogP contribution in [0.4, 0.5) is 5.69 Å². The zero-order valence-electron chi connectivity index (χ0n) is 27.0. The molecule has 3 N–H and O–H groups in total. The molecular formula is C34H52N6O3. The number of nitrogens with one attached hydrogen (secondary N) is 3. The number of fused-ring (bicyclic) bond motifs is 3. The largest absolute Gasteiger partial charge is 0.383 e. The fourth-order valence-corrected chi connectivity index (χ4v) is 4.67. The molecule has 3 aromatic rings. The highest BCUT2D eigenvalue weighted by Crippen LogP contribution is 2.40. The Hall–Kier alpha value is -3.34. The van der Waals surface area contributed by atoms with E-state index in [1.165, 1.54) is 5.56 Å².